The molecule has 1 saturated heterocycles. The average molecular weight is 370 g/mol. The van der Waals surface area contributed by atoms with Crippen LogP contribution in [0.1, 0.15) is 29.6 Å². The number of nitrogens with zero attached hydrogens (tertiary/aromatic N) is 6. The second-order valence-electron chi connectivity index (χ2n) is 7.42. The highest BCUT2D eigenvalue weighted by atomic mass is 15.3. The van der Waals surface area contributed by atoms with Crippen molar-refractivity contribution in [1.29, 1.82) is 0 Å². The van der Waals surface area contributed by atoms with Gasteiger partial charge in [0.1, 0.15) is 0 Å². The van der Waals surface area contributed by atoms with Crippen LogP contribution in [0.3, 0.4) is 0 Å². The molecule has 0 saturated carbocycles. The summed E-state index contributed by atoms with van der Waals surface area (Å²) in [6.45, 7) is 4.95. The third kappa shape index (κ3) is 3.39. The van der Waals surface area contributed by atoms with Gasteiger partial charge in [0.15, 0.2) is 11.5 Å². The van der Waals surface area contributed by atoms with Crippen LogP contribution >= 0.6 is 0 Å². The summed E-state index contributed by atoms with van der Waals surface area (Å²) in [5, 5.41) is 4.78. The number of fused-ring (bicyclic) bond motifs is 1. The van der Waals surface area contributed by atoms with E-state index in [9.17, 15) is 0 Å². The predicted molar refractivity (Wildman–Crippen MR) is 108 cm³/mol. The fraction of sp³-hybridized carbons (Fsp3) is 0.273. The quantitative estimate of drug-likeness (QED) is 0.550. The largest absolute Gasteiger partial charge is 0.297 e. The summed E-state index contributed by atoms with van der Waals surface area (Å²) < 4.78 is 1.89. The molecule has 4 aromatic heterocycles. The number of pyridine rings is 3. The number of aryl methyl sites for hydroxylation is 1. The topological polar surface area (TPSA) is 59.2 Å². The lowest BCUT2D eigenvalue weighted by Gasteiger charge is -2.14. The highest BCUT2D eigenvalue weighted by Gasteiger charge is 2.27. The van der Waals surface area contributed by atoms with Crippen molar-refractivity contribution in [2.45, 2.75) is 25.8 Å². The van der Waals surface area contributed by atoms with Gasteiger partial charge >= 0.3 is 0 Å². The molecule has 1 atom stereocenters. The van der Waals surface area contributed by atoms with Gasteiger partial charge in [-0.1, -0.05) is 12.1 Å². The molecule has 5 rings (SSSR count). The highest BCUT2D eigenvalue weighted by molar-refractivity contribution is 5.63. The first-order chi connectivity index (χ1) is 13.7. The molecular weight excluding hydrogens is 348 g/mol. The Bertz CT molecular complexity index is 1100. The minimum absolute atomic E-state index is 0.367. The normalized spacial score (nSPS) is 17.4. The monoisotopic (exact) mass is 370 g/mol. The van der Waals surface area contributed by atoms with E-state index in [1.54, 1.807) is 6.20 Å². The molecule has 0 spiro atoms. The zero-order valence-corrected chi connectivity index (χ0v) is 15.9. The van der Waals surface area contributed by atoms with E-state index in [1.165, 1.54) is 0 Å². The van der Waals surface area contributed by atoms with Gasteiger partial charge in [-0.2, -0.15) is 5.10 Å². The number of hydrogen-bond donors (Lipinski definition) is 0. The van der Waals surface area contributed by atoms with Gasteiger partial charge < -0.3 is 0 Å². The molecule has 140 valence electrons. The van der Waals surface area contributed by atoms with Crippen molar-refractivity contribution in [3.05, 3.63) is 78.3 Å². The Balaban J connectivity index is 1.34. The zero-order valence-electron chi connectivity index (χ0n) is 15.9. The van der Waals surface area contributed by atoms with Crippen molar-refractivity contribution >= 4 is 5.65 Å². The van der Waals surface area contributed by atoms with Gasteiger partial charge in [0.05, 0.1) is 5.69 Å². The molecule has 1 aliphatic heterocycles. The SMILES string of the molecule is Cc1cccc(CN2CC[C@@H](c3nc4ccc(-c5cccnc5)cn4n3)C2)n1. The van der Waals surface area contributed by atoms with Gasteiger partial charge in [0.2, 0.25) is 0 Å². The number of rotatable bonds is 4. The summed E-state index contributed by atoms with van der Waals surface area (Å²) in [6, 6.07) is 14.3. The summed E-state index contributed by atoms with van der Waals surface area (Å²) in [4.78, 5) is 16.0. The Morgan fingerprint density at radius 3 is 2.86 bits per heavy atom. The standard InChI is InChI=1S/C22H22N6/c1-16-4-2-6-20(24-16)15-27-11-9-19(13-27)22-25-21-8-7-18(14-28(21)26-22)17-5-3-10-23-12-17/h2-8,10,12,14,19H,9,11,13,15H2,1H3/t19-/m1/s1. The molecule has 1 fully saturated rings. The van der Waals surface area contributed by atoms with Crippen molar-refractivity contribution in [1.82, 2.24) is 29.5 Å². The number of hydrogen-bond acceptors (Lipinski definition) is 5. The van der Waals surface area contributed by atoms with Gasteiger partial charge in [-0.05, 0) is 50.2 Å². The molecule has 0 amide bonds. The zero-order chi connectivity index (χ0) is 18.9. The molecule has 0 aromatic carbocycles. The Morgan fingerprint density at radius 1 is 1.04 bits per heavy atom. The van der Waals surface area contributed by atoms with E-state index in [0.717, 1.165) is 60.0 Å². The predicted octanol–water partition coefficient (Wildman–Crippen LogP) is 3.48. The van der Waals surface area contributed by atoms with E-state index >= 15 is 0 Å². The van der Waals surface area contributed by atoms with Crippen LogP contribution in [-0.4, -0.2) is 42.6 Å². The first kappa shape index (κ1) is 17.0. The summed E-state index contributed by atoms with van der Waals surface area (Å²) in [7, 11) is 0. The summed E-state index contributed by atoms with van der Waals surface area (Å²) >= 11 is 0. The lowest BCUT2D eigenvalue weighted by atomic mass is 10.1. The minimum Gasteiger partial charge on any atom is -0.297 e. The average Bonchev–Trinajstić information content (AvgIpc) is 3.35. The minimum atomic E-state index is 0.367. The third-order valence-corrected chi connectivity index (χ3v) is 5.31. The fourth-order valence-corrected chi connectivity index (χ4v) is 3.88. The lowest BCUT2D eigenvalue weighted by molar-refractivity contribution is 0.321. The summed E-state index contributed by atoms with van der Waals surface area (Å²) in [5.74, 6) is 1.30. The first-order valence-corrected chi connectivity index (χ1v) is 9.66. The molecule has 28 heavy (non-hydrogen) atoms. The van der Waals surface area contributed by atoms with Crippen molar-refractivity contribution in [3.8, 4) is 11.1 Å². The molecule has 6 heteroatoms. The molecule has 6 nitrogen and oxygen atoms in total. The van der Waals surface area contributed by atoms with Gasteiger partial charge in [-0.15, -0.1) is 0 Å². The molecule has 1 aliphatic rings. The number of aromatic nitrogens is 5. The van der Waals surface area contributed by atoms with Crippen LogP contribution in [-0.2, 0) is 6.54 Å². The molecule has 0 N–H and O–H groups in total. The maximum absolute atomic E-state index is 4.78. The summed E-state index contributed by atoms with van der Waals surface area (Å²) in [6.07, 6.45) is 6.77. The van der Waals surface area contributed by atoms with E-state index < -0.39 is 0 Å². The molecule has 5 heterocycles. The van der Waals surface area contributed by atoms with E-state index in [4.69, 9.17) is 10.1 Å². The molecule has 0 bridgehead atoms. The Labute approximate surface area is 163 Å². The van der Waals surface area contributed by atoms with E-state index in [-0.39, 0.29) is 0 Å². The van der Waals surface area contributed by atoms with Crippen molar-refractivity contribution in [3.63, 3.8) is 0 Å². The third-order valence-electron chi connectivity index (χ3n) is 5.31. The maximum atomic E-state index is 4.78. The van der Waals surface area contributed by atoms with Gasteiger partial charge in [-0.3, -0.25) is 14.9 Å². The van der Waals surface area contributed by atoms with Gasteiger partial charge in [0.25, 0.3) is 0 Å². The van der Waals surface area contributed by atoms with E-state index in [0.29, 0.717) is 5.92 Å². The van der Waals surface area contributed by atoms with E-state index in [2.05, 4.69) is 39.1 Å². The second-order valence-corrected chi connectivity index (χ2v) is 7.42. The van der Waals surface area contributed by atoms with Gasteiger partial charge in [-0.25, -0.2) is 9.50 Å². The maximum Gasteiger partial charge on any atom is 0.156 e. The summed E-state index contributed by atoms with van der Waals surface area (Å²) in [5.41, 5.74) is 5.26. The molecule has 0 radical (unpaired) electrons. The molecule has 0 unspecified atom stereocenters. The molecule has 0 aliphatic carbocycles. The van der Waals surface area contributed by atoms with Crippen molar-refractivity contribution < 1.29 is 0 Å². The fourth-order valence-electron chi connectivity index (χ4n) is 3.88. The second kappa shape index (κ2) is 7.13. The van der Waals surface area contributed by atoms with Crippen LogP contribution in [0.5, 0.6) is 0 Å². The number of likely N-dealkylation sites (tertiary alicyclic amines) is 1. The Morgan fingerprint density at radius 2 is 2.00 bits per heavy atom. The van der Waals surface area contributed by atoms with Gasteiger partial charge in [0, 0.05) is 54.4 Å². The molecular formula is C22H22N6. The van der Waals surface area contributed by atoms with Crippen molar-refractivity contribution in [2.24, 2.45) is 0 Å². The first-order valence-electron chi connectivity index (χ1n) is 9.66. The lowest BCUT2D eigenvalue weighted by Crippen LogP contribution is -2.20. The van der Waals surface area contributed by atoms with Crippen LogP contribution in [0.25, 0.3) is 16.8 Å². The Kier molecular flexibility index (Phi) is 4.33. The van der Waals surface area contributed by atoms with Crippen molar-refractivity contribution in [2.75, 3.05) is 13.1 Å². The molecule has 4 aromatic rings. The van der Waals surface area contributed by atoms with Crippen LogP contribution in [0, 0.1) is 6.92 Å². The smallest absolute Gasteiger partial charge is 0.156 e. The van der Waals surface area contributed by atoms with Crippen LogP contribution in [0.15, 0.2) is 61.1 Å². The van der Waals surface area contributed by atoms with Crippen LogP contribution < -0.4 is 0 Å². The highest BCUT2D eigenvalue weighted by Crippen LogP contribution is 2.27. The Hall–Kier alpha value is -3.12. The van der Waals surface area contributed by atoms with Crippen LogP contribution in [0.4, 0.5) is 0 Å². The van der Waals surface area contributed by atoms with Crippen LogP contribution in [0.2, 0.25) is 0 Å². The van der Waals surface area contributed by atoms with E-state index in [1.807, 2.05) is 42.0 Å².